The third-order valence-corrected chi connectivity index (χ3v) is 5.18. The Morgan fingerprint density at radius 1 is 1.30 bits per heavy atom. The average molecular weight is 364 g/mol. The monoisotopic (exact) mass is 364 g/mol. The Labute approximate surface area is 158 Å². The van der Waals surface area contributed by atoms with Crippen molar-refractivity contribution in [1.29, 1.82) is 0 Å². The molecule has 6 nitrogen and oxygen atoms in total. The fourth-order valence-electron chi connectivity index (χ4n) is 3.97. The third kappa shape index (κ3) is 3.21. The van der Waals surface area contributed by atoms with E-state index in [1.165, 1.54) is 0 Å². The van der Waals surface area contributed by atoms with Crippen molar-refractivity contribution in [1.82, 2.24) is 19.7 Å². The maximum Gasteiger partial charge on any atom is 0.274 e. The summed E-state index contributed by atoms with van der Waals surface area (Å²) in [5, 5.41) is 6.74. The molecule has 0 saturated heterocycles. The standard InChI is InChI=1S/C21H24N4O2/c1-13-9-18-19(23-25(4)20(18)14(2)27-13)21(26)24(3)12-15-5-6-17-11-22-8-7-16(17)10-15/h5-8,10-11,13-14H,9,12H2,1-4H3/t13-,14+/m1/s1. The van der Waals surface area contributed by atoms with Gasteiger partial charge in [0.15, 0.2) is 5.69 Å². The number of fused-ring (bicyclic) bond motifs is 2. The number of aryl methyl sites for hydroxylation is 1. The summed E-state index contributed by atoms with van der Waals surface area (Å²) in [7, 11) is 3.70. The molecule has 0 saturated carbocycles. The molecule has 2 aromatic heterocycles. The number of nitrogens with zero attached hydrogens (tertiary/aromatic N) is 4. The summed E-state index contributed by atoms with van der Waals surface area (Å²) in [6, 6.07) is 8.17. The number of ether oxygens (including phenoxy) is 1. The molecule has 0 spiro atoms. The van der Waals surface area contributed by atoms with Crippen LogP contribution in [0.5, 0.6) is 0 Å². The van der Waals surface area contributed by atoms with Gasteiger partial charge in [0.05, 0.1) is 17.9 Å². The molecular weight excluding hydrogens is 340 g/mol. The van der Waals surface area contributed by atoms with Crippen LogP contribution in [0.1, 0.15) is 47.3 Å². The highest BCUT2D eigenvalue weighted by molar-refractivity contribution is 5.94. The Bertz CT molecular complexity index is 1010. The van der Waals surface area contributed by atoms with E-state index >= 15 is 0 Å². The lowest BCUT2D eigenvalue weighted by atomic mass is 9.99. The van der Waals surface area contributed by atoms with Crippen LogP contribution in [0.2, 0.25) is 0 Å². The van der Waals surface area contributed by atoms with Gasteiger partial charge in [-0.25, -0.2) is 0 Å². The Hall–Kier alpha value is -2.73. The van der Waals surface area contributed by atoms with E-state index in [9.17, 15) is 4.79 Å². The van der Waals surface area contributed by atoms with Crippen LogP contribution < -0.4 is 0 Å². The van der Waals surface area contributed by atoms with Gasteiger partial charge in [0, 0.05) is 50.4 Å². The van der Waals surface area contributed by atoms with Crippen molar-refractivity contribution in [2.45, 2.75) is 39.0 Å². The Balaban J connectivity index is 1.60. The topological polar surface area (TPSA) is 60.2 Å². The number of rotatable bonds is 3. The SMILES string of the molecule is C[C@@H]1Cc2c(C(=O)N(C)Cc3ccc4cnccc4c3)nn(C)c2[C@H](C)O1. The summed E-state index contributed by atoms with van der Waals surface area (Å²) < 4.78 is 7.68. The molecule has 1 aliphatic rings. The maximum atomic E-state index is 13.1. The number of carbonyl (C=O) groups is 1. The van der Waals surface area contributed by atoms with Crippen molar-refractivity contribution in [3.63, 3.8) is 0 Å². The molecular formula is C21H24N4O2. The molecule has 1 aliphatic heterocycles. The van der Waals surface area contributed by atoms with Crippen LogP contribution in [-0.2, 0) is 24.8 Å². The van der Waals surface area contributed by atoms with Crippen molar-refractivity contribution >= 4 is 16.7 Å². The molecule has 0 unspecified atom stereocenters. The van der Waals surface area contributed by atoms with E-state index in [0.29, 0.717) is 18.7 Å². The zero-order chi connectivity index (χ0) is 19.1. The van der Waals surface area contributed by atoms with Gasteiger partial charge in [0.2, 0.25) is 0 Å². The highest BCUT2D eigenvalue weighted by atomic mass is 16.5. The van der Waals surface area contributed by atoms with E-state index in [1.54, 1.807) is 15.8 Å². The van der Waals surface area contributed by atoms with E-state index in [-0.39, 0.29) is 18.1 Å². The number of benzene rings is 1. The van der Waals surface area contributed by atoms with Crippen molar-refractivity contribution in [3.05, 3.63) is 59.2 Å². The molecule has 3 heterocycles. The molecule has 0 aliphatic carbocycles. The molecule has 1 amide bonds. The van der Waals surface area contributed by atoms with Crippen molar-refractivity contribution in [2.24, 2.45) is 7.05 Å². The molecule has 0 radical (unpaired) electrons. The van der Waals surface area contributed by atoms with E-state index in [0.717, 1.165) is 27.6 Å². The second-order valence-electron chi connectivity index (χ2n) is 7.35. The number of hydrogen-bond donors (Lipinski definition) is 0. The second-order valence-corrected chi connectivity index (χ2v) is 7.35. The molecule has 2 atom stereocenters. The first-order valence-electron chi connectivity index (χ1n) is 9.23. The zero-order valence-corrected chi connectivity index (χ0v) is 16.1. The molecule has 3 aromatic rings. The smallest absolute Gasteiger partial charge is 0.274 e. The van der Waals surface area contributed by atoms with Crippen LogP contribution >= 0.6 is 0 Å². The predicted molar refractivity (Wildman–Crippen MR) is 103 cm³/mol. The summed E-state index contributed by atoms with van der Waals surface area (Å²) in [6.45, 7) is 4.58. The van der Waals surface area contributed by atoms with E-state index < -0.39 is 0 Å². The summed E-state index contributed by atoms with van der Waals surface area (Å²) in [4.78, 5) is 19.0. The van der Waals surface area contributed by atoms with Crippen LogP contribution in [0.15, 0.2) is 36.7 Å². The van der Waals surface area contributed by atoms with Gasteiger partial charge in [0.1, 0.15) is 0 Å². The predicted octanol–water partition coefficient (Wildman–Crippen LogP) is 3.26. The minimum absolute atomic E-state index is 0.0528. The molecule has 4 rings (SSSR count). The van der Waals surface area contributed by atoms with Gasteiger partial charge in [-0.3, -0.25) is 14.5 Å². The number of aromatic nitrogens is 3. The molecule has 0 N–H and O–H groups in total. The van der Waals surface area contributed by atoms with Gasteiger partial charge in [-0.15, -0.1) is 0 Å². The maximum absolute atomic E-state index is 13.1. The van der Waals surface area contributed by atoms with Gasteiger partial charge < -0.3 is 9.64 Å². The van der Waals surface area contributed by atoms with Crippen LogP contribution in [0.3, 0.4) is 0 Å². The van der Waals surface area contributed by atoms with Gasteiger partial charge in [-0.05, 0) is 36.9 Å². The number of amides is 1. The number of carbonyl (C=O) groups excluding carboxylic acids is 1. The third-order valence-electron chi connectivity index (χ3n) is 5.18. The van der Waals surface area contributed by atoms with Crippen molar-refractivity contribution in [2.75, 3.05) is 7.05 Å². The first-order valence-corrected chi connectivity index (χ1v) is 9.23. The van der Waals surface area contributed by atoms with Gasteiger partial charge in [0.25, 0.3) is 5.91 Å². The summed E-state index contributed by atoms with van der Waals surface area (Å²) >= 11 is 0. The summed E-state index contributed by atoms with van der Waals surface area (Å²) in [6.07, 6.45) is 4.38. The lowest BCUT2D eigenvalue weighted by Crippen LogP contribution is -2.29. The highest BCUT2D eigenvalue weighted by Crippen LogP contribution is 2.32. The first kappa shape index (κ1) is 17.7. The minimum atomic E-state index is -0.0535. The molecule has 140 valence electrons. The van der Waals surface area contributed by atoms with Crippen molar-refractivity contribution in [3.8, 4) is 0 Å². The Morgan fingerprint density at radius 2 is 2.11 bits per heavy atom. The van der Waals surface area contributed by atoms with E-state index in [4.69, 9.17) is 4.74 Å². The average Bonchev–Trinajstić information content (AvgIpc) is 2.97. The van der Waals surface area contributed by atoms with Gasteiger partial charge in [-0.2, -0.15) is 5.10 Å². The number of hydrogen-bond acceptors (Lipinski definition) is 4. The lowest BCUT2D eigenvalue weighted by molar-refractivity contribution is -0.00906. The quantitative estimate of drug-likeness (QED) is 0.716. The normalized spacial score (nSPS) is 19.1. The van der Waals surface area contributed by atoms with Crippen LogP contribution in [0.25, 0.3) is 10.8 Å². The first-order chi connectivity index (χ1) is 12.9. The van der Waals surface area contributed by atoms with Crippen LogP contribution in [0, 0.1) is 0 Å². The highest BCUT2D eigenvalue weighted by Gasteiger charge is 2.32. The van der Waals surface area contributed by atoms with E-state index in [2.05, 4.69) is 16.1 Å². The molecule has 6 heteroatoms. The summed E-state index contributed by atoms with van der Waals surface area (Å²) in [5.74, 6) is -0.0528. The Kier molecular flexibility index (Phi) is 4.44. The number of pyridine rings is 1. The van der Waals surface area contributed by atoms with Crippen LogP contribution in [-0.4, -0.2) is 38.7 Å². The van der Waals surface area contributed by atoms with E-state index in [1.807, 2.05) is 52.3 Å². The molecule has 1 aromatic carbocycles. The Morgan fingerprint density at radius 3 is 2.93 bits per heavy atom. The molecule has 0 bridgehead atoms. The lowest BCUT2D eigenvalue weighted by Gasteiger charge is -2.26. The van der Waals surface area contributed by atoms with Gasteiger partial charge >= 0.3 is 0 Å². The largest absolute Gasteiger partial charge is 0.369 e. The fraction of sp³-hybridized carbons (Fsp3) is 0.381. The molecule has 27 heavy (non-hydrogen) atoms. The second kappa shape index (κ2) is 6.78. The molecule has 0 fully saturated rings. The zero-order valence-electron chi connectivity index (χ0n) is 16.1. The van der Waals surface area contributed by atoms with Crippen molar-refractivity contribution < 1.29 is 9.53 Å². The van der Waals surface area contributed by atoms with Gasteiger partial charge in [-0.1, -0.05) is 12.1 Å². The summed E-state index contributed by atoms with van der Waals surface area (Å²) in [5.41, 5.74) is 3.65. The van der Waals surface area contributed by atoms with Crippen LogP contribution in [0.4, 0.5) is 0 Å². The minimum Gasteiger partial charge on any atom is -0.369 e. The fourth-order valence-corrected chi connectivity index (χ4v) is 3.97.